The molecule has 1 unspecified atom stereocenters. The number of hydrogen-bond donors (Lipinski definition) is 2. The van der Waals surface area contributed by atoms with Crippen molar-refractivity contribution < 1.29 is 9.53 Å². The number of amides is 1. The van der Waals surface area contributed by atoms with Gasteiger partial charge in [0.25, 0.3) is 0 Å². The van der Waals surface area contributed by atoms with Crippen LogP contribution in [0, 0.1) is 5.92 Å². The topological polar surface area (TPSA) is 50.4 Å². The van der Waals surface area contributed by atoms with Crippen molar-refractivity contribution in [3.63, 3.8) is 0 Å². The average molecular weight is 276 g/mol. The molecule has 0 saturated carbocycles. The Morgan fingerprint density at radius 1 is 1.30 bits per heavy atom. The predicted octanol–water partition coefficient (Wildman–Crippen LogP) is 1.36. The molecule has 20 heavy (non-hydrogen) atoms. The van der Waals surface area contributed by atoms with Gasteiger partial charge < -0.3 is 15.4 Å². The third-order valence-electron chi connectivity index (χ3n) is 3.57. The first kappa shape index (κ1) is 15.0. The van der Waals surface area contributed by atoms with Gasteiger partial charge in [-0.3, -0.25) is 4.79 Å². The van der Waals surface area contributed by atoms with Gasteiger partial charge in [0.1, 0.15) is 0 Å². The van der Waals surface area contributed by atoms with Crippen molar-refractivity contribution >= 4 is 5.91 Å². The molecule has 110 valence electrons. The summed E-state index contributed by atoms with van der Waals surface area (Å²) < 4.78 is 5.58. The quantitative estimate of drug-likeness (QED) is 0.705. The van der Waals surface area contributed by atoms with Gasteiger partial charge in [-0.1, -0.05) is 30.3 Å². The highest BCUT2D eigenvalue weighted by molar-refractivity contribution is 5.79. The Kier molecular flexibility index (Phi) is 6.54. The minimum atomic E-state index is 0.161. The Morgan fingerprint density at radius 2 is 2.15 bits per heavy atom. The molecule has 1 saturated heterocycles. The van der Waals surface area contributed by atoms with Crippen LogP contribution in [0.25, 0.3) is 0 Å². The highest BCUT2D eigenvalue weighted by atomic mass is 16.5. The van der Waals surface area contributed by atoms with Crippen molar-refractivity contribution in [1.29, 1.82) is 0 Å². The minimum Gasteiger partial charge on any atom is -0.381 e. The zero-order valence-electron chi connectivity index (χ0n) is 11.9. The third-order valence-corrected chi connectivity index (χ3v) is 3.57. The number of carbonyl (C=O) groups excluding carboxylic acids is 1. The molecule has 0 aliphatic carbocycles. The number of nitrogens with one attached hydrogen (secondary N) is 2. The third kappa shape index (κ3) is 5.31. The molecule has 2 N–H and O–H groups in total. The van der Waals surface area contributed by atoms with E-state index in [0.29, 0.717) is 13.2 Å². The second kappa shape index (κ2) is 8.72. The Labute approximate surface area is 120 Å². The van der Waals surface area contributed by atoms with Gasteiger partial charge in [0.15, 0.2) is 0 Å². The van der Waals surface area contributed by atoms with E-state index >= 15 is 0 Å². The number of hydrogen-bond acceptors (Lipinski definition) is 3. The van der Waals surface area contributed by atoms with Crippen LogP contribution in [0.15, 0.2) is 30.3 Å². The summed E-state index contributed by atoms with van der Waals surface area (Å²) in [5.74, 6) is 0.341. The first-order valence-electron chi connectivity index (χ1n) is 7.46. The lowest BCUT2D eigenvalue weighted by Gasteiger charge is -2.10. The minimum absolute atomic E-state index is 0.161. The highest BCUT2D eigenvalue weighted by Gasteiger charge is 2.21. The smallest absolute Gasteiger partial charge is 0.224 e. The van der Waals surface area contributed by atoms with Gasteiger partial charge in [0.05, 0.1) is 12.5 Å². The van der Waals surface area contributed by atoms with Crippen LogP contribution >= 0.6 is 0 Å². The summed E-state index contributed by atoms with van der Waals surface area (Å²) >= 11 is 0. The summed E-state index contributed by atoms with van der Waals surface area (Å²) in [4.78, 5) is 11.7. The van der Waals surface area contributed by atoms with Crippen molar-refractivity contribution in [2.75, 3.05) is 32.8 Å². The van der Waals surface area contributed by atoms with E-state index in [0.717, 1.165) is 39.0 Å². The van der Waals surface area contributed by atoms with Crippen molar-refractivity contribution in [3.8, 4) is 0 Å². The number of ether oxygens (including phenoxy) is 1. The molecule has 1 aliphatic heterocycles. The first-order chi connectivity index (χ1) is 9.86. The lowest BCUT2D eigenvalue weighted by Crippen LogP contribution is -2.32. The predicted molar refractivity (Wildman–Crippen MR) is 79.6 cm³/mol. The molecule has 0 aromatic heterocycles. The zero-order valence-corrected chi connectivity index (χ0v) is 11.9. The van der Waals surface area contributed by atoms with Crippen molar-refractivity contribution in [1.82, 2.24) is 10.6 Å². The fraction of sp³-hybridized carbons (Fsp3) is 0.562. The van der Waals surface area contributed by atoms with E-state index in [2.05, 4.69) is 22.8 Å². The summed E-state index contributed by atoms with van der Waals surface area (Å²) in [6, 6.07) is 10.3. The fourth-order valence-electron chi connectivity index (χ4n) is 2.35. The summed E-state index contributed by atoms with van der Waals surface area (Å²) in [6.07, 6.45) is 2.78. The second-order valence-electron chi connectivity index (χ2n) is 5.18. The monoisotopic (exact) mass is 276 g/mol. The molecule has 4 heteroatoms. The number of rotatable bonds is 8. The van der Waals surface area contributed by atoms with Gasteiger partial charge in [-0.2, -0.15) is 0 Å². The zero-order chi connectivity index (χ0) is 14.0. The molecule has 2 rings (SSSR count). The van der Waals surface area contributed by atoms with Crippen molar-refractivity contribution in [2.24, 2.45) is 5.92 Å². The van der Waals surface area contributed by atoms with Gasteiger partial charge in [-0.15, -0.1) is 0 Å². The molecule has 1 heterocycles. The van der Waals surface area contributed by atoms with Crippen molar-refractivity contribution in [2.45, 2.75) is 19.3 Å². The van der Waals surface area contributed by atoms with Crippen LogP contribution in [-0.2, 0) is 16.0 Å². The molecule has 4 nitrogen and oxygen atoms in total. The lowest BCUT2D eigenvalue weighted by molar-refractivity contribution is -0.124. The second-order valence-corrected chi connectivity index (χ2v) is 5.18. The summed E-state index contributed by atoms with van der Waals surface area (Å²) in [6.45, 7) is 3.93. The van der Waals surface area contributed by atoms with E-state index in [1.165, 1.54) is 5.56 Å². The lowest BCUT2D eigenvalue weighted by atomic mass is 10.1. The number of carbonyl (C=O) groups is 1. The van der Waals surface area contributed by atoms with Crippen LogP contribution in [0.1, 0.15) is 18.4 Å². The van der Waals surface area contributed by atoms with Crippen LogP contribution < -0.4 is 10.6 Å². The maximum Gasteiger partial charge on any atom is 0.224 e. The van der Waals surface area contributed by atoms with Crippen molar-refractivity contribution in [3.05, 3.63) is 35.9 Å². The van der Waals surface area contributed by atoms with E-state index in [1.54, 1.807) is 0 Å². The average Bonchev–Trinajstić information content (AvgIpc) is 3.01. The van der Waals surface area contributed by atoms with Gasteiger partial charge >= 0.3 is 0 Å². The van der Waals surface area contributed by atoms with Crippen LogP contribution in [0.2, 0.25) is 0 Å². The van der Waals surface area contributed by atoms with Gasteiger partial charge in [-0.25, -0.2) is 0 Å². The van der Waals surface area contributed by atoms with Crippen LogP contribution in [-0.4, -0.2) is 38.8 Å². The first-order valence-corrected chi connectivity index (χ1v) is 7.46. The molecular weight excluding hydrogens is 252 g/mol. The van der Waals surface area contributed by atoms with Crippen LogP contribution in [0.5, 0.6) is 0 Å². The molecule has 1 aromatic rings. The Morgan fingerprint density at radius 3 is 2.90 bits per heavy atom. The largest absolute Gasteiger partial charge is 0.381 e. The van der Waals surface area contributed by atoms with E-state index in [-0.39, 0.29) is 11.8 Å². The van der Waals surface area contributed by atoms with E-state index in [9.17, 15) is 4.79 Å². The summed E-state index contributed by atoms with van der Waals surface area (Å²) in [7, 11) is 0. The molecule has 1 amide bonds. The van der Waals surface area contributed by atoms with Gasteiger partial charge in [0.2, 0.25) is 5.91 Å². The van der Waals surface area contributed by atoms with Gasteiger partial charge in [0, 0.05) is 19.7 Å². The van der Waals surface area contributed by atoms with Gasteiger partial charge in [-0.05, 0) is 31.4 Å². The standard InChI is InChI=1S/C16H24N2O2/c19-16(15-7-10-17-13-15)18-9-4-11-20-12-8-14-5-2-1-3-6-14/h1-3,5-6,15,17H,4,7-13H2,(H,18,19). The fourth-order valence-corrected chi connectivity index (χ4v) is 2.35. The summed E-state index contributed by atoms with van der Waals surface area (Å²) in [5.41, 5.74) is 1.30. The molecule has 1 fully saturated rings. The Balaban J connectivity index is 1.44. The molecule has 0 spiro atoms. The Bertz CT molecular complexity index is 389. The highest BCUT2D eigenvalue weighted by Crippen LogP contribution is 2.06. The number of benzene rings is 1. The maximum atomic E-state index is 11.7. The molecule has 0 radical (unpaired) electrons. The molecule has 1 aromatic carbocycles. The molecular formula is C16H24N2O2. The van der Waals surface area contributed by atoms with Crippen LogP contribution in [0.3, 0.4) is 0 Å². The maximum absolute atomic E-state index is 11.7. The summed E-state index contributed by atoms with van der Waals surface area (Å²) in [5, 5.41) is 6.18. The molecule has 0 bridgehead atoms. The van der Waals surface area contributed by atoms with E-state index < -0.39 is 0 Å². The van der Waals surface area contributed by atoms with Crippen LogP contribution in [0.4, 0.5) is 0 Å². The SMILES string of the molecule is O=C(NCCCOCCc1ccccc1)C1CCNC1. The molecule has 1 aliphatic rings. The van der Waals surface area contributed by atoms with E-state index in [1.807, 2.05) is 18.2 Å². The Hall–Kier alpha value is -1.39. The molecule has 1 atom stereocenters. The van der Waals surface area contributed by atoms with E-state index in [4.69, 9.17) is 4.74 Å². The normalized spacial score (nSPS) is 18.1.